The predicted molar refractivity (Wildman–Crippen MR) is 97.3 cm³/mol. The number of carbonyl (C=O) groups excluding carboxylic acids is 3. The third kappa shape index (κ3) is 3.18. The number of hydrogen-bond acceptors (Lipinski definition) is 3. The minimum absolute atomic E-state index is 0.0807. The van der Waals surface area contributed by atoms with Gasteiger partial charge in [-0.2, -0.15) is 0 Å². The fourth-order valence-electron chi connectivity index (χ4n) is 3.18. The van der Waals surface area contributed by atoms with Crippen LogP contribution in [0.5, 0.6) is 0 Å². The number of rotatable bonds is 5. The molecule has 1 aliphatic carbocycles. The zero-order valence-electron chi connectivity index (χ0n) is 14.2. The summed E-state index contributed by atoms with van der Waals surface area (Å²) < 4.78 is 0. The van der Waals surface area contributed by atoms with Gasteiger partial charge in [0.1, 0.15) is 13.1 Å². The molecule has 0 bridgehead atoms. The summed E-state index contributed by atoms with van der Waals surface area (Å²) in [6.45, 7) is -0.179. The Morgan fingerprint density at radius 2 is 1.69 bits per heavy atom. The molecule has 4 rings (SSSR count). The maximum atomic E-state index is 12.5. The Bertz CT molecular complexity index is 862. The lowest BCUT2D eigenvalue weighted by atomic mass is 10.0. The molecular weight excluding hydrogens is 330 g/mol. The number of urea groups is 1. The second kappa shape index (κ2) is 6.63. The van der Waals surface area contributed by atoms with E-state index in [0.29, 0.717) is 5.69 Å². The van der Waals surface area contributed by atoms with Gasteiger partial charge in [-0.15, -0.1) is 0 Å². The lowest BCUT2D eigenvalue weighted by Gasteiger charge is -2.17. The SMILES string of the molecule is O=C(CN1C(=O)CN(C2CC2)C1=O)Nc1ccccc1-c1ccccc1. The van der Waals surface area contributed by atoms with Gasteiger partial charge in [-0.1, -0.05) is 48.5 Å². The molecule has 2 aromatic rings. The number of nitrogens with zero attached hydrogens (tertiary/aromatic N) is 2. The fraction of sp³-hybridized carbons (Fsp3) is 0.250. The summed E-state index contributed by atoms with van der Waals surface area (Å²) in [4.78, 5) is 39.5. The highest BCUT2D eigenvalue weighted by atomic mass is 16.2. The first-order chi connectivity index (χ1) is 12.6. The van der Waals surface area contributed by atoms with E-state index in [4.69, 9.17) is 0 Å². The quantitative estimate of drug-likeness (QED) is 0.844. The summed E-state index contributed by atoms with van der Waals surface area (Å²) in [7, 11) is 0. The van der Waals surface area contributed by atoms with E-state index in [1.54, 1.807) is 4.90 Å². The molecule has 1 saturated carbocycles. The van der Waals surface area contributed by atoms with Gasteiger partial charge in [0.2, 0.25) is 5.91 Å². The number of benzene rings is 2. The molecule has 2 aromatic carbocycles. The van der Waals surface area contributed by atoms with Crippen molar-refractivity contribution in [2.24, 2.45) is 0 Å². The molecular formula is C20H19N3O3. The van der Waals surface area contributed by atoms with Crippen molar-refractivity contribution in [2.75, 3.05) is 18.4 Å². The van der Waals surface area contributed by atoms with Gasteiger partial charge >= 0.3 is 6.03 Å². The Labute approximate surface area is 151 Å². The largest absolute Gasteiger partial charge is 0.327 e. The van der Waals surface area contributed by atoms with Crippen LogP contribution in [0.15, 0.2) is 54.6 Å². The van der Waals surface area contributed by atoms with Crippen LogP contribution in [0.1, 0.15) is 12.8 Å². The van der Waals surface area contributed by atoms with Crippen LogP contribution in [0.25, 0.3) is 11.1 Å². The van der Waals surface area contributed by atoms with Gasteiger partial charge in [-0.25, -0.2) is 4.79 Å². The highest BCUT2D eigenvalue weighted by Gasteiger charge is 2.44. The molecule has 132 valence electrons. The number of anilines is 1. The minimum Gasteiger partial charge on any atom is -0.324 e. The first-order valence-electron chi connectivity index (χ1n) is 8.69. The summed E-state index contributed by atoms with van der Waals surface area (Å²) in [5.41, 5.74) is 2.53. The zero-order chi connectivity index (χ0) is 18.1. The maximum Gasteiger partial charge on any atom is 0.327 e. The molecule has 0 spiro atoms. The average Bonchev–Trinajstić information content (AvgIpc) is 3.46. The number of para-hydroxylation sites is 1. The first-order valence-corrected chi connectivity index (χ1v) is 8.69. The minimum atomic E-state index is -0.382. The third-order valence-electron chi connectivity index (χ3n) is 4.66. The zero-order valence-corrected chi connectivity index (χ0v) is 14.2. The van der Waals surface area contributed by atoms with Crippen molar-refractivity contribution in [2.45, 2.75) is 18.9 Å². The highest BCUT2D eigenvalue weighted by Crippen LogP contribution is 2.30. The standard InChI is InChI=1S/C20H19N3O3/c24-18(12-23-19(25)13-22(20(23)26)15-10-11-15)21-17-9-5-4-8-16(17)14-6-2-1-3-7-14/h1-9,15H,10-13H2,(H,21,24). The lowest BCUT2D eigenvalue weighted by Crippen LogP contribution is -2.39. The van der Waals surface area contributed by atoms with Gasteiger partial charge in [-0.05, 0) is 24.5 Å². The molecule has 1 aliphatic heterocycles. The van der Waals surface area contributed by atoms with Crippen molar-refractivity contribution >= 4 is 23.5 Å². The Morgan fingerprint density at radius 1 is 1.00 bits per heavy atom. The summed E-state index contributed by atoms with van der Waals surface area (Å²) in [6, 6.07) is 17.0. The molecule has 0 radical (unpaired) electrons. The van der Waals surface area contributed by atoms with Crippen molar-refractivity contribution in [1.82, 2.24) is 9.80 Å². The first kappa shape index (κ1) is 16.3. The molecule has 0 aromatic heterocycles. The van der Waals surface area contributed by atoms with Crippen molar-refractivity contribution in [3.05, 3.63) is 54.6 Å². The van der Waals surface area contributed by atoms with E-state index in [9.17, 15) is 14.4 Å². The van der Waals surface area contributed by atoms with Gasteiger partial charge in [0.15, 0.2) is 0 Å². The Balaban J connectivity index is 1.48. The van der Waals surface area contributed by atoms with Crippen LogP contribution in [-0.4, -0.2) is 46.8 Å². The van der Waals surface area contributed by atoms with Gasteiger partial charge in [0.25, 0.3) is 5.91 Å². The molecule has 6 heteroatoms. The summed E-state index contributed by atoms with van der Waals surface area (Å²) >= 11 is 0. The third-order valence-corrected chi connectivity index (χ3v) is 4.66. The number of imide groups is 1. The maximum absolute atomic E-state index is 12.5. The molecule has 4 amide bonds. The molecule has 1 N–H and O–H groups in total. The molecule has 1 saturated heterocycles. The van der Waals surface area contributed by atoms with Crippen molar-refractivity contribution < 1.29 is 14.4 Å². The van der Waals surface area contributed by atoms with Gasteiger partial charge in [0, 0.05) is 17.3 Å². The molecule has 0 unspecified atom stereocenters. The van der Waals surface area contributed by atoms with Crippen molar-refractivity contribution in [3.63, 3.8) is 0 Å². The summed E-state index contributed by atoms with van der Waals surface area (Å²) in [6.07, 6.45) is 1.87. The molecule has 2 aliphatic rings. The van der Waals surface area contributed by atoms with Crippen molar-refractivity contribution in [3.8, 4) is 11.1 Å². The highest BCUT2D eigenvalue weighted by molar-refractivity contribution is 6.07. The monoisotopic (exact) mass is 349 g/mol. The number of carbonyl (C=O) groups is 3. The van der Waals surface area contributed by atoms with Crippen LogP contribution in [0.2, 0.25) is 0 Å². The van der Waals surface area contributed by atoms with E-state index >= 15 is 0 Å². The van der Waals surface area contributed by atoms with Crippen molar-refractivity contribution in [1.29, 1.82) is 0 Å². The van der Waals surface area contributed by atoms with E-state index in [1.807, 2.05) is 54.6 Å². The van der Waals surface area contributed by atoms with E-state index in [1.165, 1.54) is 0 Å². The van der Waals surface area contributed by atoms with E-state index in [0.717, 1.165) is 28.9 Å². The van der Waals surface area contributed by atoms with Crippen LogP contribution in [-0.2, 0) is 9.59 Å². The lowest BCUT2D eigenvalue weighted by molar-refractivity contribution is -0.129. The average molecular weight is 349 g/mol. The molecule has 2 fully saturated rings. The smallest absolute Gasteiger partial charge is 0.324 e. The summed E-state index contributed by atoms with van der Waals surface area (Å²) in [5.74, 6) is -0.693. The topological polar surface area (TPSA) is 69.7 Å². The normalized spacial score (nSPS) is 16.9. The molecule has 6 nitrogen and oxygen atoms in total. The second-order valence-electron chi connectivity index (χ2n) is 6.58. The van der Waals surface area contributed by atoms with Crippen LogP contribution in [0.4, 0.5) is 10.5 Å². The van der Waals surface area contributed by atoms with Crippen LogP contribution >= 0.6 is 0 Å². The van der Waals surface area contributed by atoms with E-state index in [2.05, 4.69) is 5.32 Å². The van der Waals surface area contributed by atoms with Crippen LogP contribution < -0.4 is 5.32 Å². The predicted octanol–water partition coefficient (Wildman–Crippen LogP) is 2.72. The van der Waals surface area contributed by atoms with E-state index in [-0.39, 0.29) is 37.0 Å². The van der Waals surface area contributed by atoms with Crippen LogP contribution in [0.3, 0.4) is 0 Å². The van der Waals surface area contributed by atoms with Gasteiger partial charge in [0.05, 0.1) is 0 Å². The number of hydrogen-bond donors (Lipinski definition) is 1. The number of nitrogens with one attached hydrogen (secondary N) is 1. The second-order valence-corrected chi connectivity index (χ2v) is 6.58. The molecule has 26 heavy (non-hydrogen) atoms. The fourth-order valence-corrected chi connectivity index (χ4v) is 3.18. The molecule has 0 atom stereocenters. The summed E-state index contributed by atoms with van der Waals surface area (Å²) in [5, 5.41) is 2.83. The Kier molecular flexibility index (Phi) is 4.16. The van der Waals surface area contributed by atoms with Gasteiger partial charge < -0.3 is 10.2 Å². The number of amides is 4. The van der Waals surface area contributed by atoms with Crippen LogP contribution in [0, 0.1) is 0 Å². The molecule has 1 heterocycles. The Hall–Kier alpha value is -3.15. The Morgan fingerprint density at radius 3 is 2.42 bits per heavy atom. The van der Waals surface area contributed by atoms with E-state index < -0.39 is 0 Å². The van der Waals surface area contributed by atoms with Gasteiger partial charge in [-0.3, -0.25) is 14.5 Å².